The minimum absolute atomic E-state index is 0.0933. The fourth-order valence-corrected chi connectivity index (χ4v) is 3.30. The van der Waals surface area contributed by atoms with Gasteiger partial charge in [0.25, 0.3) is 12.3 Å². The minimum Gasteiger partial charge on any atom is -0.322 e. The van der Waals surface area contributed by atoms with Crippen molar-refractivity contribution >= 4 is 5.91 Å². The Kier molecular flexibility index (Phi) is 4.08. The van der Waals surface area contributed by atoms with Gasteiger partial charge in [-0.05, 0) is 55.6 Å². The molecule has 1 aromatic rings. The number of amides is 1. The van der Waals surface area contributed by atoms with Crippen molar-refractivity contribution in [1.82, 2.24) is 15.1 Å². The van der Waals surface area contributed by atoms with Crippen LogP contribution in [0.3, 0.4) is 0 Å². The maximum absolute atomic E-state index is 13.0. The van der Waals surface area contributed by atoms with Crippen molar-refractivity contribution in [2.75, 3.05) is 0 Å². The van der Waals surface area contributed by atoms with Gasteiger partial charge in [-0.2, -0.15) is 5.10 Å². The molecule has 3 rings (SSSR count). The van der Waals surface area contributed by atoms with Crippen LogP contribution < -0.4 is 5.32 Å². The van der Waals surface area contributed by atoms with E-state index in [0.29, 0.717) is 11.6 Å². The number of nitrogens with zero attached hydrogens (tertiary/aromatic N) is 2. The van der Waals surface area contributed by atoms with Gasteiger partial charge in [0.2, 0.25) is 0 Å². The van der Waals surface area contributed by atoms with E-state index in [4.69, 9.17) is 0 Å². The van der Waals surface area contributed by atoms with Crippen LogP contribution in [0.1, 0.15) is 48.7 Å². The topological polar surface area (TPSA) is 46.9 Å². The van der Waals surface area contributed by atoms with E-state index in [-0.39, 0.29) is 5.56 Å². The van der Waals surface area contributed by atoms with Gasteiger partial charge in [-0.3, -0.25) is 9.48 Å². The molecule has 1 amide bonds. The number of halogens is 2. The Morgan fingerprint density at radius 2 is 2.22 bits per heavy atom. The molecule has 2 unspecified atom stereocenters. The molecule has 4 nitrogen and oxygen atoms in total. The van der Waals surface area contributed by atoms with Crippen LogP contribution in [0.25, 0.3) is 0 Å². The van der Waals surface area contributed by atoms with Crippen LogP contribution in [0.2, 0.25) is 0 Å². The molecule has 2 aliphatic rings. The Bertz CT molecular complexity index is 673. The highest BCUT2D eigenvalue weighted by molar-refractivity contribution is 5.96. The van der Waals surface area contributed by atoms with Crippen molar-refractivity contribution in [3.05, 3.63) is 41.4 Å². The molecule has 0 saturated heterocycles. The second-order valence-electron chi connectivity index (χ2n) is 6.50. The number of carbonyl (C=O) groups is 1. The lowest BCUT2D eigenvalue weighted by Crippen LogP contribution is -2.24. The molecule has 0 aromatic carbocycles. The molecule has 2 fully saturated rings. The summed E-state index contributed by atoms with van der Waals surface area (Å²) < 4.78 is 27.2. The number of aromatic nitrogens is 2. The van der Waals surface area contributed by atoms with Crippen LogP contribution in [0, 0.1) is 17.8 Å². The molecule has 0 aliphatic heterocycles. The molecule has 6 heteroatoms. The van der Waals surface area contributed by atoms with E-state index in [0.717, 1.165) is 23.8 Å². The van der Waals surface area contributed by atoms with Crippen molar-refractivity contribution in [2.24, 2.45) is 24.8 Å². The van der Waals surface area contributed by atoms with E-state index in [1.54, 1.807) is 6.08 Å². The highest BCUT2D eigenvalue weighted by Crippen LogP contribution is 2.57. The van der Waals surface area contributed by atoms with Gasteiger partial charge in [0.1, 0.15) is 5.69 Å². The summed E-state index contributed by atoms with van der Waals surface area (Å²) in [5.74, 6) is 1.47. The smallest absolute Gasteiger partial charge is 0.282 e. The first kappa shape index (κ1) is 15.9. The van der Waals surface area contributed by atoms with E-state index in [1.165, 1.54) is 30.8 Å². The van der Waals surface area contributed by atoms with E-state index in [9.17, 15) is 13.6 Å². The number of aryl methyl sites for hydroxylation is 1. The SMILES string of the molecule is C=C/C(NC(=O)c1cn(C)nc1C(F)F)=C(\C)C1CC1C1CC1. The molecule has 0 bridgehead atoms. The van der Waals surface area contributed by atoms with Gasteiger partial charge < -0.3 is 5.32 Å². The maximum Gasteiger partial charge on any atom is 0.282 e. The fourth-order valence-electron chi connectivity index (χ4n) is 3.30. The van der Waals surface area contributed by atoms with E-state index < -0.39 is 18.0 Å². The standard InChI is InChI=1S/C17H21F2N3O/c1-4-14(9(2)11-7-12(11)10-5-6-10)20-17(23)13-8-22(3)21-15(13)16(18)19/h4,8,10-12,16H,1,5-7H2,2-3H3,(H,20,23)/b14-9-. The summed E-state index contributed by atoms with van der Waals surface area (Å²) in [6, 6.07) is 0. The summed E-state index contributed by atoms with van der Waals surface area (Å²) in [4.78, 5) is 12.3. The molecular weight excluding hydrogens is 300 g/mol. The van der Waals surface area contributed by atoms with E-state index in [1.807, 2.05) is 6.92 Å². The first-order valence-corrected chi connectivity index (χ1v) is 7.88. The molecule has 124 valence electrons. The average molecular weight is 321 g/mol. The molecule has 1 N–H and O–H groups in total. The zero-order valence-electron chi connectivity index (χ0n) is 13.4. The highest BCUT2D eigenvalue weighted by Gasteiger charge is 2.48. The molecule has 0 radical (unpaired) electrons. The second-order valence-corrected chi connectivity index (χ2v) is 6.50. The average Bonchev–Trinajstić information content (AvgIpc) is 3.39. The Hall–Kier alpha value is -1.98. The molecule has 0 spiro atoms. The number of carbonyl (C=O) groups excluding carboxylic acids is 1. The van der Waals surface area contributed by atoms with Crippen LogP contribution in [-0.4, -0.2) is 15.7 Å². The van der Waals surface area contributed by atoms with Crippen molar-refractivity contribution in [3.8, 4) is 0 Å². The third-order valence-corrected chi connectivity index (χ3v) is 4.81. The lowest BCUT2D eigenvalue weighted by atomic mass is 10.1. The largest absolute Gasteiger partial charge is 0.322 e. The summed E-state index contributed by atoms with van der Waals surface area (Å²) in [6.07, 6.45) is 3.89. The maximum atomic E-state index is 13.0. The Morgan fingerprint density at radius 3 is 2.78 bits per heavy atom. The third kappa shape index (κ3) is 3.21. The summed E-state index contributed by atoms with van der Waals surface area (Å²) in [5, 5.41) is 6.39. The van der Waals surface area contributed by atoms with Crippen LogP contribution in [-0.2, 0) is 7.05 Å². The van der Waals surface area contributed by atoms with Gasteiger partial charge in [-0.25, -0.2) is 8.78 Å². The van der Waals surface area contributed by atoms with Gasteiger partial charge in [-0.15, -0.1) is 0 Å². The quantitative estimate of drug-likeness (QED) is 0.814. The van der Waals surface area contributed by atoms with Crippen molar-refractivity contribution < 1.29 is 13.6 Å². The number of rotatable bonds is 6. The molecule has 2 saturated carbocycles. The predicted molar refractivity (Wildman–Crippen MR) is 82.8 cm³/mol. The number of allylic oxidation sites excluding steroid dienone is 2. The summed E-state index contributed by atoms with van der Waals surface area (Å²) >= 11 is 0. The van der Waals surface area contributed by atoms with Crippen molar-refractivity contribution in [1.29, 1.82) is 0 Å². The zero-order chi connectivity index (χ0) is 16.7. The van der Waals surface area contributed by atoms with Gasteiger partial charge in [0.15, 0.2) is 0 Å². The lowest BCUT2D eigenvalue weighted by molar-refractivity contribution is 0.0951. The number of hydrogen-bond donors (Lipinski definition) is 1. The molecule has 23 heavy (non-hydrogen) atoms. The molecule has 2 atom stereocenters. The van der Waals surface area contributed by atoms with E-state index in [2.05, 4.69) is 17.0 Å². The second kappa shape index (κ2) is 5.91. The van der Waals surface area contributed by atoms with Gasteiger partial charge in [0.05, 0.1) is 5.56 Å². The minimum atomic E-state index is -2.78. The first-order valence-electron chi connectivity index (χ1n) is 7.88. The number of alkyl halides is 2. The van der Waals surface area contributed by atoms with E-state index >= 15 is 0 Å². The van der Waals surface area contributed by atoms with Gasteiger partial charge in [-0.1, -0.05) is 6.58 Å². The lowest BCUT2D eigenvalue weighted by Gasteiger charge is -2.10. The van der Waals surface area contributed by atoms with Gasteiger partial charge in [0, 0.05) is 18.9 Å². The Morgan fingerprint density at radius 1 is 1.52 bits per heavy atom. The summed E-state index contributed by atoms with van der Waals surface area (Å²) in [5.41, 5.74) is 1.14. The van der Waals surface area contributed by atoms with Gasteiger partial charge >= 0.3 is 0 Å². The van der Waals surface area contributed by atoms with Crippen LogP contribution >= 0.6 is 0 Å². The summed E-state index contributed by atoms with van der Waals surface area (Å²) in [7, 11) is 1.52. The Labute approximate surface area is 134 Å². The molecule has 2 aliphatic carbocycles. The first-order chi connectivity index (χ1) is 10.9. The Balaban J connectivity index is 1.76. The monoisotopic (exact) mass is 321 g/mol. The number of nitrogens with one attached hydrogen (secondary N) is 1. The molecular formula is C17H21F2N3O. The third-order valence-electron chi connectivity index (χ3n) is 4.81. The molecule has 1 aromatic heterocycles. The normalized spacial score (nSPS) is 24.4. The van der Waals surface area contributed by atoms with Crippen LogP contribution in [0.5, 0.6) is 0 Å². The summed E-state index contributed by atoms with van der Waals surface area (Å²) in [6.45, 7) is 5.73. The zero-order valence-corrected chi connectivity index (χ0v) is 13.4. The predicted octanol–water partition coefficient (Wildman–Crippen LogP) is 3.59. The number of hydrogen-bond acceptors (Lipinski definition) is 2. The van der Waals surface area contributed by atoms with Crippen LogP contribution in [0.15, 0.2) is 30.1 Å². The van der Waals surface area contributed by atoms with Crippen molar-refractivity contribution in [2.45, 2.75) is 32.6 Å². The highest BCUT2D eigenvalue weighted by atomic mass is 19.3. The fraction of sp³-hybridized carbons (Fsp3) is 0.529. The van der Waals surface area contributed by atoms with Crippen LogP contribution in [0.4, 0.5) is 8.78 Å². The molecule has 1 heterocycles. The van der Waals surface area contributed by atoms with Crippen molar-refractivity contribution in [3.63, 3.8) is 0 Å².